The lowest BCUT2D eigenvalue weighted by Gasteiger charge is -2.58. The molecule has 0 amide bonds. The molecule has 0 saturated heterocycles. The first-order chi connectivity index (χ1) is 13.2. The molecule has 8 atom stereocenters. The molecular formula is C24H37NO3. The summed E-state index contributed by atoms with van der Waals surface area (Å²) in [4.78, 5) is 24.0. The number of hydrogen-bond acceptors (Lipinski definition) is 4. The second-order valence-electron chi connectivity index (χ2n) is 10.6. The number of esters is 1. The highest BCUT2D eigenvalue weighted by Crippen LogP contribution is 2.67. The molecule has 0 aromatic rings. The van der Waals surface area contributed by atoms with Gasteiger partial charge in [-0.15, -0.1) is 0 Å². The van der Waals surface area contributed by atoms with Gasteiger partial charge in [0, 0.05) is 12.3 Å². The largest absolute Gasteiger partial charge is 0.461 e. The monoisotopic (exact) mass is 387 g/mol. The molecular weight excluding hydrogens is 350 g/mol. The molecule has 0 bridgehead atoms. The van der Waals surface area contributed by atoms with Crippen molar-refractivity contribution in [1.82, 2.24) is 0 Å². The molecule has 0 heterocycles. The van der Waals surface area contributed by atoms with Crippen LogP contribution in [0, 0.1) is 34.5 Å². The molecule has 28 heavy (non-hydrogen) atoms. The van der Waals surface area contributed by atoms with E-state index in [0.29, 0.717) is 23.5 Å². The minimum Gasteiger partial charge on any atom is -0.461 e. The molecule has 4 aliphatic carbocycles. The molecule has 0 aromatic carbocycles. The predicted octanol–water partition coefficient (Wildman–Crippen LogP) is 4.41. The molecule has 3 saturated carbocycles. The number of ether oxygens (including phenoxy) is 1. The minimum atomic E-state index is -0.555. The summed E-state index contributed by atoms with van der Waals surface area (Å²) in [5, 5.41) is 0. The summed E-state index contributed by atoms with van der Waals surface area (Å²) in [6.45, 7) is 8.66. The van der Waals surface area contributed by atoms with Crippen molar-refractivity contribution in [2.24, 2.45) is 40.2 Å². The lowest BCUT2D eigenvalue weighted by molar-refractivity contribution is -0.156. The van der Waals surface area contributed by atoms with Crippen molar-refractivity contribution >= 4 is 11.8 Å². The Kier molecular flexibility index (Phi) is 5.01. The smallest absolute Gasteiger partial charge is 0.322 e. The van der Waals surface area contributed by atoms with Crippen molar-refractivity contribution in [1.29, 1.82) is 0 Å². The Morgan fingerprint density at radius 1 is 1.11 bits per heavy atom. The third-order valence-corrected chi connectivity index (χ3v) is 9.28. The van der Waals surface area contributed by atoms with Crippen molar-refractivity contribution < 1.29 is 14.3 Å². The Hall–Kier alpha value is -1.16. The van der Waals surface area contributed by atoms with E-state index in [1.54, 1.807) is 6.92 Å². The van der Waals surface area contributed by atoms with Crippen LogP contribution in [0.5, 0.6) is 0 Å². The van der Waals surface area contributed by atoms with E-state index in [4.69, 9.17) is 10.5 Å². The molecule has 0 radical (unpaired) electrons. The van der Waals surface area contributed by atoms with Crippen molar-refractivity contribution in [2.75, 3.05) is 0 Å². The first-order valence-electron chi connectivity index (χ1n) is 11.4. The first-order valence-corrected chi connectivity index (χ1v) is 11.4. The molecule has 4 heteroatoms. The molecule has 0 spiro atoms. The summed E-state index contributed by atoms with van der Waals surface area (Å²) in [6.07, 6.45) is 10.8. The molecule has 4 nitrogen and oxygen atoms in total. The average molecular weight is 388 g/mol. The number of carbonyl (C=O) groups is 2. The van der Waals surface area contributed by atoms with Crippen LogP contribution >= 0.6 is 0 Å². The van der Waals surface area contributed by atoms with Gasteiger partial charge in [0.15, 0.2) is 5.78 Å². The van der Waals surface area contributed by atoms with Gasteiger partial charge < -0.3 is 10.5 Å². The second kappa shape index (κ2) is 6.97. The summed E-state index contributed by atoms with van der Waals surface area (Å²) in [7, 11) is 0. The van der Waals surface area contributed by atoms with Gasteiger partial charge in [-0.05, 0) is 93.5 Å². The normalized spacial score (nSPS) is 44.6. The summed E-state index contributed by atoms with van der Waals surface area (Å²) < 4.78 is 5.75. The molecule has 0 aromatic heterocycles. The van der Waals surface area contributed by atoms with E-state index in [1.165, 1.54) is 31.3 Å². The number of rotatable bonds is 3. The van der Waals surface area contributed by atoms with Crippen molar-refractivity contribution in [3.8, 4) is 0 Å². The SMILES string of the molecule is CC(N)C(=O)O[C@@H](C)[C@H]1CCC2C3CCC4=CC(=O)CC[C@]4(C)C3CC[C@@]21C. The number of hydrogen-bond donors (Lipinski definition) is 1. The number of ketones is 1. The summed E-state index contributed by atoms with van der Waals surface area (Å²) >= 11 is 0. The summed E-state index contributed by atoms with van der Waals surface area (Å²) in [5.74, 6) is 2.65. The molecule has 156 valence electrons. The quantitative estimate of drug-likeness (QED) is 0.728. The highest BCUT2D eigenvalue weighted by Gasteiger charge is 2.60. The van der Waals surface area contributed by atoms with Gasteiger partial charge in [-0.2, -0.15) is 0 Å². The van der Waals surface area contributed by atoms with Gasteiger partial charge in [0.25, 0.3) is 0 Å². The van der Waals surface area contributed by atoms with Crippen LogP contribution in [-0.2, 0) is 14.3 Å². The Morgan fingerprint density at radius 3 is 2.57 bits per heavy atom. The van der Waals surface area contributed by atoms with Gasteiger partial charge >= 0.3 is 5.97 Å². The van der Waals surface area contributed by atoms with Gasteiger partial charge in [-0.3, -0.25) is 9.59 Å². The minimum absolute atomic E-state index is 0.0630. The Balaban J connectivity index is 1.55. The average Bonchev–Trinajstić information content (AvgIpc) is 2.99. The fourth-order valence-electron chi connectivity index (χ4n) is 7.74. The van der Waals surface area contributed by atoms with Gasteiger partial charge in [0.05, 0.1) is 0 Å². The zero-order valence-corrected chi connectivity index (χ0v) is 18.0. The van der Waals surface area contributed by atoms with Crippen LogP contribution in [-0.4, -0.2) is 23.9 Å². The lowest BCUT2D eigenvalue weighted by atomic mass is 9.46. The predicted molar refractivity (Wildman–Crippen MR) is 109 cm³/mol. The van der Waals surface area contributed by atoms with E-state index in [9.17, 15) is 9.59 Å². The maximum Gasteiger partial charge on any atom is 0.322 e. The van der Waals surface area contributed by atoms with Gasteiger partial charge in [-0.1, -0.05) is 19.4 Å². The Bertz CT molecular complexity index is 698. The number of carbonyl (C=O) groups excluding carboxylic acids is 2. The van der Waals surface area contributed by atoms with E-state index in [1.807, 2.05) is 6.08 Å². The van der Waals surface area contributed by atoms with Crippen molar-refractivity contribution in [3.63, 3.8) is 0 Å². The van der Waals surface area contributed by atoms with E-state index in [0.717, 1.165) is 31.6 Å². The highest BCUT2D eigenvalue weighted by atomic mass is 16.5. The van der Waals surface area contributed by atoms with Crippen molar-refractivity contribution in [3.05, 3.63) is 11.6 Å². The van der Waals surface area contributed by atoms with Gasteiger partial charge in [0.1, 0.15) is 12.1 Å². The second-order valence-corrected chi connectivity index (χ2v) is 10.6. The lowest BCUT2D eigenvalue weighted by Crippen LogP contribution is -2.51. The third-order valence-electron chi connectivity index (χ3n) is 9.28. The van der Waals surface area contributed by atoms with E-state index in [-0.39, 0.29) is 22.9 Å². The number of allylic oxidation sites excluding steroid dienone is 1. The van der Waals surface area contributed by atoms with Gasteiger partial charge in [0.2, 0.25) is 0 Å². The molecule has 2 N–H and O–H groups in total. The zero-order valence-electron chi connectivity index (χ0n) is 18.0. The maximum absolute atomic E-state index is 12.0. The molecule has 3 fully saturated rings. The summed E-state index contributed by atoms with van der Waals surface area (Å²) in [5.41, 5.74) is 7.63. The van der Waals surface area contributed by atoms with E-state index < -0.39 is 6.04 Å². The van der Waals surface area contributed by atoms with Crippen LogP contribution in [0.15, 0.2) is 11.6 Å². The van der Waals surface area contributed by atoms with Crippen LogP contribution in [0.1, 0.15) is 79.1 Å². The van der Waals surface area contributed by atoms with Crippen LogP contribution in [0.25, 0.3) is 0 Å². The number of nitrogens with two attached hydrogens (primary N) is 1. The van der Waals surface area contributed by atoms with Crippen LogP contribution in [0.2, 0.25) is 0 Å². The Morgan fingerprint density at radius 2 is 1.86 bits per heavy atom. The highest BCUT2D eigenvalue weighted by molar-refractivity contribution is 5.91. The third kappa shape index (κ3) is 2.98. The van der Waals surface area contributed by atoms with Crippen LogP contribution in [0.3, 0.4) is 0 Å². The molecule has 4 rings (SSSR count). The molecule has 4 aliphatic rings. The maximum atomic E-state index is 12.0. The van der Waals surface area contributed by atoms with Gasteiger partial charge in [-0.25, -0.2) is 0 Å². The molecule has 0 aliphatic heterocycles. The van der Waals surface area contributed by atoms with Crippen molar-refractivity contribution in [2.45, 2.75) is 91.2 Å². The fourth-order valence-corrected chi connectivity index (χ4v) is 7.74. The van der Waals surface area contributed by atoms with E-state index >= 15 is 0 Å². The fraction of sp³-hybridized carbons (Fsp3) is 0.833. The zero-order chi connectivity index (χ0) is 20.3. The van der Waals surface area contributed by atoms with E-state index in [2.05, 4.69) is 20.8 Å². The number of fused-ring (bicyclic) bond motifs is 5. The summed E-state index contributed by atoms with van der Waals surface area (Å²) in [6, 6.07) is -0.555. The molecule has 4 unspecified atom stereocenters. The topological polar surface area (TPSA) is 69.4 Å². The first kappa shape index (κ1) is 20.1. The van der Waals surface area contributed by atoms with Crippen LogP contribution < -0.4 is 5.73 Å². The Labute approximate surface area is 169 Å². The standard InChI is InChI=1S/C24H37NO3/c1-14(25)22(27)28-15(2)19-7-8-20-18-6-5-16-13-17(26)9-11-23(16,3)21(18)10-12-24(19,20)4/h13-15,18-21H,5-12,25H2,1-4H3/t14?,15-,18?,19+,20?,21?,23-,24+/m0/s1. The van der Waals surface area contributed by atoms with Crippen LogP contribution in [0.4, 0.5) is 0 Å².